The zero-order valence-corrected chi connectivity index (χ0v) is 18.5. The molecule has 1 aromatic heterocycles. The first-order chi connectivity index (χ1) is 13.5. The molecule has 164 valence electrons. The minimum atomic E-state index is -3.72. The van der Waals surface area contributed by atoms with Crippen LogP contribution in [0.2, 0.25) is 0 Å². The van der Waals surface area contributed by atoms with Gasteiger partial charge < -0.3 is 9.64 Å². The summed E-state index contributed by atoms with van der Waals surface area (Å²) in [4.78, 5) is 14.4. The Hall–Kier alpha value is -1.54. The van der Waals surface area contributed by atoms with E-state index in [0.29, 0.717) is 37.7 Å². The third kappa shape index (κ3) is 4.63. The highest BCUT2D eigenvalue weighted by molar-refractivity contribution is 7.89. The van der Waals surface area contributed by atoms with Crippen molar-refractivity contribution >= 4 is 26.0 Å². The zero-order valence-electron chi connectivity index (χ0n) is 16.9. The number of amides is 1. The summed E-state index contributed by atoms with van der Waals surface area (Å²) in [5.41, 5.74) is 0.765. The van der Waals surface area contributed by atoms with Crippen LogP contribution in [-0.4, -0.2) is 105 Å². The van der Waals surface area contributed by atoms with E-state index in [0.717, 1.165) is 6.26 Å². The standard InChI is InChI=1S/C16H27N5O6S2/c1-13-16(29(25,26)20-8-10-27-11-9-20)14(2)21(17-13)12-15(22)18-4-6-19(7-5-18)28(3,23)24/h4-12H2,1-3H3. The van der Waals surface area contributed by atoms with E-state index in [1.807, 2.05) is 0 Å². The van der Waals surface area contributed by atoms with Crippen LogP contribution in [0.25, 0.3) is 0 Å². The molecule has 13 heteroatoms. The summed E-state index contributed by atoms with van der Waals surface area (Å²) in [7, 11) is -6.99. The van der Waals surface area contributed by atoms with Gasteiger partial charge in [-0.25, -0.2) is 16.8 Å². The average molecular weight is 450 g/mol. The number of morpholine rings is 1. The van der Waals surface area contributed by atoms with Crippen LogP contribution in [0.15, 0.2) is 4.90 Å². The molecular weight excluding hydrogens is 422 g/mol. The molecule has 0 radical (unpaired) electrons. The van der Waals surface area contributed by atoms with Gasteiger partial charge in [-0.1, -0.05) is 0 Å². The van der Waals surface area contributed by atoms with Gasteiger partial charge in [0.2, 0.25) is 26.0 Å². The average Bonchev–Trinajstić information content (AvgIpc) is 2.95. The van der Waals surface area contributed by atoms with E-state index >= 15 is 0 Å². The molecule has 29 heavy (non-hydrogen) atoms. The van der Waals surface area contributed by atoms with Crippen LogP contribution in [-0.2, 0) is 36.1 Å². The summed E-state index contributed by atoms with van der Waals surface area (Å²) in [5, 5.41) is 4.29. The quantitative estimate of drug-likeness (QED) is 0.543. The maximum absolute atomic E-state index is 13.0. The maximum Gasteiger partial charge on any atom is 0.246 e. The van der Waals surface area contributed by atoms with E-state index in [4.69, 9.17) is 4.74 Å². The summed E-state index contributed by atoms with van der Waals surface area (Å²) in [5.74, 6) is -0.223. The van der Waals surface area contributed by atoms with Crippen LogP contribution in [0.4, 0.5) is 0 Å². The highest BCUT2D eigenvalue weighted by Crippen LogP contribution is 2.24. The fourth-order valence-corrected chi connectivity index (χ4v) is 6.23. The van der Waals surface area contributed by atoms with Crippen LogP contribution in [0.5, 0.6) is 0 Å². The van der Waals surface area contributed by atoms with Crippen LogP contribution in [0.3, 0.4) is 0 Å². The van der Waals surface area contributed by atoms with E-state index < -0.39 is 20.0 Å². The Labute approximate surface area is 171 Å². The van der Waals surface area contributed by atoms with Gasteiger partial charge in [0.25, 0.3) is 0 Å². The molecule has 3 rings (SSSR count). The number of piperazine rings is 1. The number of carbonyl (C=O) groups excluding carboxylic acids is 1. The van der Waals surface area contributed by atoms with Crippen molar-refractivity contribution in [3.05, 3.63) is 11.4 Å². The second kappa shape index (κ2) is 8.30. The Morgan fingerprint density at radius 3 is 2.10 bits per heavy atom. The Bertz CT molecular complexity index is 974. The molecular formula is C16H27N5O6S2. The summed E-state index contributed by atoms with van der Waals surface area (Å²) < 4.78 is 58.6. The van der Waals surface area contributed by atoms with E-state index in [1.165, 1.54) is 13.3 Å². The SMILES string of the molecule is Cc1nn(CC(=O)N2CCN(S(C)(=O)=O)CC2)c(C)c1S(=O)(=O)N1CCOCC1. The third-order valence-electron chi connectivity index (χ3n) is 5.23. The molecule has 0 aromatic carbocycles. The van der Waals surface area contributed by atoms with Crippen LogP contribution in [0.1, 0.15) is 11.4 Å². The van der Waals surface area contributed by atoms with Crippen molar-refractivity contribution in [2.75, 3.05) is 58.7 Å². The van der Waals surface area contributed by atoms with Gasteiger partial charge in [0, 0.05) is 39.3 Å². The number of aromatic nitrogens is 2. The lowest BCUT2D eigenvalue weighted by Gasteiger charge is -2.33. The number of nitrogens with zero attached hydrogens (tertiary/aromatic N) is 5. The predicted molar refractivity (Wildman–Crippen MR) is 104 cm³/mol. The molecule has 3 heterocycles. The molecule has 2 aliphatic heterocycles. The van der Waals surface area contributed by atoms with E-state index in [1.54, 1.807) is 18.7 Å². The fourth-order valence-electron chi connectivity index (χ4n) is 3.62. The smallest absolute Gasteiger partial charge is 0.246 e. The molecule has 0 bridgehead atoms. The number of carbonyl (C=O) groups is 1. The number of ether oxygens (including phenoxy) is 1. The molecule has 2 aliphatic rings. The third-order valence-corrected chi connectivity index (χ3v) is 8.68. The van der Waals surface area contributed by atoms with Crippen molar-refractivity contribution < 1.29 is 26.4 Å². The maximum atomic E-state index is 13.0. The fraction of sp³-hybridized carbons (Fsp3) is 0.750. The van der Waals surface area contributed by atoms with Crippen molar-refractivity contribution in [3.8, 4) is 0 Å². The van der Waals surface area contributed by atoms with Crippen molar-refractivity contribution in [3.63, 3.8) is 0 Å². The second-order valence-electron chi connectivity index (χ2n) is 7.22. The Kier molecular flexibility index (Phi) is 6.34. The molecule has 1 amide bonds. The highest BCUT2D eigenvalue weighted by atomic mass is 32.2. The molecule has 2 saturated heterocycles. The second-order valence-corrected chi connectivity index (χ2v) is 11.1. The first-order valence-corrected chi connectivity index (χ1v) is 12.7. The predicted octanol–water partition coefficient (Wildman–Crippen LogP) is -1.38. The normalized spacial score (nSPS) is 20.2. The topological polar surface area (TPSA) is 122 Å². The first-order valence-electron chi connectivity index (χ1n) is 9.36. The Balaban J connectivity index is 1.73. The molecule has 1 aromatic rings. The largest absolute Gasteiger partial charge is 0.379 e. The molecule has 2 fully saturated rings. The van der Waals surface area contributed by atoms with Gasteiger partial charge in [0.05, 0.1) is 30.9 Å². The van der Waals surface area contributed by atoms with Crippen LogP contribution < -0.4 is 0 Å². The van der Waals surface area contributed by atoms with Gasteiger partial charge in [-0.05, 0) is 13.8 Å². The van der Waals surface area contributed by atoms with E-state index in [9.17, 15) is 21.6 Å². The summed E-state index contributed by atoms with van der Waals surface area (Å²) >= 11 is 0. The zero-order chi connectivity index (χ0) is 21.4. The van der Waals surface area contributed by atoms with Crippen LogP contribution in [0, 0.1) is 13.8 Å². The van der Waals surface area contributed by atoms with Gasteiger partial charge in [0.1, 0.15) is 11.4 Å². The molecule has 0 unspecified atom stereocenters. The monoisotopic (exact) mass is 449 g/mol. The molecule has 0 N–H and O–H groups in total. The number of aryl methyl sites for hydroxylation is 1. The summed E-state index contributed by atoms with van der Waals surface area (Å²) in [6.07, 6.45) is 1.15. The van der Waals surface area contributed by atoms with Crippen molar-refractivity contribution in [1.29, 1.82) is 0 Å². The van der Waals surface area contributed by atoms with Gasteiger partial charge in [-0.3, -0.25) is 9.48 Å². The summed E-state index contributed by atoms with van der Waals surface area (Å²) in [6, 6.07) is 0. The number of hydrogen-bond donors (Lipinski definition) is 0. The van der Waals surface area contributed by atoms with Gasteiger partial charge in [-0.15, -0.1) is 0 Å². The Morgan fingerprint density at radius 2 is 1.55 bits per heavy atom. The number of hydrogen-bond acceptors (Lipinski definition) is 7. The molecule has 0 atom stereocenters. The van der Waals surface area contributed by atoms with Crippen molar-refractivity contribution in [2.45, 2.75) is 25.3 Å². The van der Waals surface area contributed by atoms with Gasteiger partial charge >= 0.3 is 0 Å². The lowest BCUT2D eigenvalue weighted by molar-refractivity contribution is -0.133. The minimum absolute atomic E-state index is 0.0931. The van der Waals surface area contributed by atoms with Gasteiger partial charge in [0.15, 0.2) is 0 Å². The molecule has 11 nitrogen and oxygen atoms in total. The molecule has 0 saturated carbocycles. The first kappa shape index (κ1) is 22.2. The lowest BCUT2D eigenvalue weighted by atomic mass is 10.3. The van der Waals surface area contributed by atoms with E-state index in [-0.39, 0.29) is 43.5 Å². The number of sulfonamides is 2. The molecule has 0 aliphatic carbocycles. The highest BCUT2D eigenvalue weighted by Gasteiger charge is 2.33. The van der Waals surface area contributed by atoms with Gasteiger partial charge in [-0.2, -0.15) is 13.7 Å². The number of rotatable bonds is 5. The Morgan fingerprint density at radius 1 is 0.966 bits per heavy atom. The summed E-state index contributed by atoms with van der Waals surface area (Å²) in [6.45, 7) is 5.53. The lowest BCUT2D eigenvalue weighted by Crippen LogP contribution is -2.51. The minimum Gasteiger partial charge on any atom is -0.379 e. The van der Waals surface area contributed by atoms with Crippen LogP contribution >= 0.6 is 0 Å². The van der Waals surface area contributed by atoms with Crippen molar-refractivity contribution in [1.82, 2.24) is 23.3 Å². The van der Waals surface area contributed by atoms with Crippen molar-refractivity contribution in [2.24, 2.45) is 0 Å². The molecule has 0 spiro atoms. The van der Waals surface area contributed by atoms with E-state index in [2.05, 4.69) is 5.10 Å².